The Labute approximate surface area is 121 Å². The Morgan fingerprint density at radius 3 is 1.90 bits per heavy atom. The monoisotopic (exact) mass is 270 g/mol. The largest absolute Gasteiger partial charge is 0.491 e. The lowest BCUT2D eigenvalue weighted by Crippen LogP contribution is -2.18. The highest BCUT2D eigenvalue weighted by atomic mass is 16.5. The third kappa shape index (κ3) is 3.20. The summed E-state index contributed by atoms with van der Waals surface area (Å²) in [5.41, 5.74) is 3.78. The van der Waals surface area contributed by atoms with Gasteiger partial charge < -0.3 is 9.84 Å². The minimum atomic E-state index is -0.0385. The lowest BCUT2D eigenvalue weighted by Gasteiger charge is -2.26. The van der Waals surface area contributed by atoms with Crippen molar-refractivity contribution in [3.63, 3.8) is 0 Å². The van der Waals surface area contributed by atoms with E-state index in [9.17, 15) is 0 Å². The Bertz CT molecular complexity index is 539. The van der Waals surface area contributed by atoms with Gasteiger partial charge in [0.25, 0.3) is 0 Å². The summed E-state index contributed by atoms with van der Waals surface area (Å²) in [6.45, 7) is 6.92. The Balaban J connectivity index is 2.22. The third-order valence-corrected chi connectivity index (χ3v) is 3.71. The van der Waals surface area contributed by atoms with Crippen molar-refractivity contribution >= 4 is 0 Å². The number of benzene rings is 2. The molecule has 0 fully saturated rings. The highest BCUT2D eigenvalue weighted by Gasteiger charge is 2.22. The fourth-order valence-corrected chi connectivity index (χ4v) is 2.27. The van der Waals surface area contributed by atoms with Crippen LogP contribution in [0, 0.1) is 6.92 Å². The second-order valence-electron chi connectivity index (χ2n) is 5.59. The number of hydrogen-bond acceptors (Lipinski definition) is 2. The average molecular weight is 270 g/mol. The molecule has 0 heterocycles. The zero-order chi connectivity index (χ0) is 14.6. The van der Waals surface area contributed by atoms with Crippen molar-refractivity contribution in [2.75, 3.05) is 13.2 Å². The molecule has 0 aromatic heterocycles. The first-order chi connectivity index (χ1) is 9.54. The van der Waals surface area contributed by atoms with Crippen LogP contribution in [0.15, 0.2) is 48.5 Å². The van der Waals surface area contributed by atoms with Crippen LogP contribution in [0.5, 0.6) is 5.75 Å². The summed E-state index contributed by atoms with van der Waals surface area (Å²) in [5.74, 6) is 0.794. The maximum Gasteiger partial charge on any atom is 0.119 e. The molecule has 1 N–H and O–H groups in total. The van der Waals surface area contributed by atoms with Gasteiger partial charge in [-0.1, -0.05) is 55.8 Å². The van der Waals surface area contributed by atoms with E-state index in [-0.39, 0.29) is 12.0 Å². The van der Waals surface area contributed by atoms with Gasteiger partial charge in [0.1, 0.15) is 12.4 Å². The molecule has 2 nitrogen and oxygen atoms in total. The van der Waals surface area contributed by atoms with Crippen LogP contribution in [0.2, 0.25) is 0 Å². The molecule has 0 unspecified atom stereocenters. The van der Waals surface area contributed by atoms with Crippen molar-refractivity contribution in [2.45, 2.75) is 26.2 Å². The predicted octanol–water partition coefficient (Wildman–Crippen LogP) is 3.69. The fourth-order valence-electron chi connectivity index (χ4n) is 2.27. The SMILES string of the molecule is Cc1ccc(C(C)(C)c2ccc(OCCO)cc2)cc1. The first-order valence-electron chi connectivity index (χ1n) is 6.95. The predicted molar refractivity (Wildman–Crippen MR) is 82.3 cm³/mol. The lowest BCUT2D eigenvalue weighted by atomic mass is 9.78. The summed E-state index contributed by atoms with van der Waals surface area (Å²) in [6.07, 6.45) is 0. The minimum Gasteiger partial charge on any atom is -0.491 e. The molecule has 0 aliphatic carbocycles. The molecule has 2 rings (SSSR count). The molecule has 20 heavy (non-hydrogen) atoms. The summed E-state index contributed by atoms with van der Waals surface area (Å²) < 4.78 is 5.39. The standard InChI is InChI=1S/C18H22O2/c1-14-4-6-15(7-5-14)18(2,3)16-8-10-17(11-9-16)20-13-12-19/h4-11,19H,12-13H2,1-3H3. The van der Waals surface area contributed by atoms with E-state index >= 15 is 0 Å². The number of hydrogen-bond donors (Lipinski definition) is 1. The van der Waals surface area contributed by atoms with Gasteiger partial charge >= 0.3 is 0 Å². The van der Waals surface area contributed by atoms with Crippen LogP contribution < -0.4 is 4.74 Å². The van der Waals surface area contributed by atoms with E-state index in [1.165, 1.54) is 16.7 Å². The molecule has 0 bridgehead atoms. The maximum absolute atomic E-state index is 8.76. The van der Waals surface area contributed by atoms with Gasteiger partial charge in [-0.25, -0.2) is 0 Å². The molecule has 0 spiro atoms. The second-order valence-corrected chi connectivity index (χ2v) is 5.59. The van der Waals surface area contributed by atoms with Gasteiger partial charge in [-0.05, 0) is 30.2 Å². The quantitative estimate of drug-likeness (QED) is 0.898. The van der Waals surface area contributed by atoms with Gasteiger partial charge in [0.2, 0.25) is 0 Å². The van der Waals surface area contributed by atoms with Crippen LogP contribution in [-0.4, -0.2) is 18.3 Å². The van der Waals surface area contributed by atoms with E-state index in [2.05, 4.69) is 57.2 Å². The van der Waals surface area contributed by atoms with Crippen LogP contribution in [-0.2, 0) is 5.41 Å². The van der Waals surface area contributed by atoms with Gasteiger partial charge in [0.05, 0.1) is 6.61 Å². The van der Waals surface area contributed by atoms with Crippen LogP contribution >= 0.6 is 0 Å². The van der Waals surface area contributed by atoms with Crippen molar-refractivity contribution < 1.29 is 9.84 Å². The normalized spacial score (nSPS) is 11.4. The Kier molecular flexibility index (Phi) is 4.46. The maximum atomic E-state index is 8.76. The Morgan fingerprint density at radius 1 is 0.900 bits per heavy atom. The molecule has 0 radical (unpaired) electrons. The molecule has 2 heteroatoms. The topological polar surface area (TPSA) is 29.5 Å². The van der Waals surface area contributed by atoms with Gasteiger partial charge in [0.15, 0.2) is 0 Å². The van der Waals surface area contributed by atoms with Crippen LogP contribution in [0.25, 0.3) is 0 Å². The molecule has 0 aliphatic heterocycles. The van der Waals surface area contributed by atoms with Crippen molar-refractivity contribution in [1.29, 1.82) is 0 Å². The summed E-state index contributed by atoms with van der Waals surface area (Å²) in [5, 5.41) is 8.76. The third-order valence-electron chi connectivity index (χ3n) is 3.71. The van der Waals surface area contributed by atoms with Crippen LogP contribution in [0.3, 0.4) is 0 Å². The molecule has 0 amide bonds. The van der Waals surface area contributed by atoms with E-state index in [1.54, 1.807) is 0 Å². The summed E-state index contributed by atoms with van der Waals surface area (Å²) >= 11 is 0. The zero-order valence-corrected chi connectivity index (χ0v) is 12.4. The van der Waals surface area contributed by atoms with Gasteiger partial charge in [-0.15, -0.1) is 0 Å². The molecule has 0 saturated carbocycles. The molecule has 0 atom stereocenters. The number of ether oxygens (including phenoxy) is 1. The van der Waals surface area contributed by atoms with Crippen molar-refractivity contribution in [3.8, 4) is 5.75 Å². The van der Waals surface area contributed by atoms with E-state index in [0.29, 0.717) is 6.61 Å². The van der Waals surface area contributed by atoms with Gasteiger partial charge in [-0.3, -0.25) is 0 Å². The van der Waals surface area contributed by atoms with Crippen LogP contribution in [0.1, 0.15) is 30.5 Å². The molecule has 0 aliphatic rings. The number of rotatable bonds is 5. The van der Waals surface area contributed by atoms with Crippen molar-refractivity contribution in [1.82, 2.24) is 0 Å². The molecule has 2 aromatic rings. The number of aliphatic hydroxyl groups is 1. The molecular formula is C18H22O2. The van der Waals surface area contributed by atoms with Crippen molar-refractivity contribution in [2.24, 2.45) is 0 Å². The van der Waals surface area contributed by atoms with Crippen LogP contribution in [0.4, 0.5) is 0 Å². The minimum absolute atomic E-state index is 0.0383. The second kappa shape index (κ2) is 6.10. The fraction of sp³-hybridized carbons (Fsp3) is 0.333. The van der Waals surface area contributed by atoms with E-state index < -0.39 is 0 Å². The average Bonchev–Trinajstić information content (AvgIpc) is 2.46. The molecule has 0 saturated heterocycles. The lowest BCUT2D eigenvalue weighted by molar-refractivity contribution is 0.201. The molecular weight excluding hydrogens is 248 g/mol. The molecule has 2 aromatic carbocycles. The highest BCUT2D eigenvalue weighted by molar-refractivity contribution is 5.40. The first-order valence-corrected chi connectivity index (χ1v) is 6.95. The zero-order valence-electron chi connectivity index (χ0n) is 12.4. The van der Waals surface area contributed by atoms with E-state index in [4.69, 9.17) is 9.84 Å². The molecule has 106 valence electrons. The Hall–Kier alpha value is -1.80. The smallest absolute Gasteiger partial charge is 0.119 e. The summed E-state index contributed by atoms with van der Waals surface area (Å²) in [6, 6.07) is 16.8. The van der Waals surface area contributed by atoms with Crippen molar-refractivity contribution in [3.05, 3.63) is 65.2 Å². The van der Waals surface area contributed by atoms with E-state index in [0.717, 1.165) is 5.75 Å². The van der Waals surface area contributed by atoms with Gasteiger partial charge in [0, 0.05) is 5.41 Å². The first kappa shape index (κ1) is 14.6. The number of aryl methyl sites for hydroxylation is 1. The summed E-state index contributed by atoms with van der Waals surface area (Å²) in [4.78, 5) is 0. The van der Waals surface area contributed by atoms with Gasteiger partial charge in [-0.2, -0.15) is 0 Å². The van der Waals surface area contributed by atoms with E-state index in [1.807, 2.05) is 12.1 Å². The Morgan fingerprint density at radius 2 is 1.40 bits per heavy atom. The number of aliphatic hydroxyl groups excluding tert-OH is 1. The summed E-state index contributed by atoms with van der Waals surface area (Å²) in [7, 11) is 0. The highest BCUT2D eigenvalue weighted by Crippen LogP contribution is 2.32.